The maximum absolute atomic E-state index is 12.5. The van der Waals surface area contributed by atoms with E-state index in [2.05, 4.69) is 21.3 Å². The van der Waals surface area contributed by atoms with Crippen LogP contribution in [0.1, 0.15) is 22.2 Å². The minimum Gasteiger partial charge on any atom is -0.465 e. The molecule has 0 aliphatic carbocycles. The second-order valence-corrected chi connectivity index (χ2v) is 7.65. The lowest BCUT2D eigenvalue weighted by Gasteiger charge is -2.27. The summed E-state index contributed by atoms with van der Waals surface area (Å²) < 4.78 is 4.82. The normalized spacial score (nSPS) is 14.8. The van der Waals surface area contributed by atoms with E-state index in [0.717, 1.165) is 43.3 Å². The zero-order valence-corrected chi connectivity index (χ0v) is 16.5. The van der Waals surface area contributed by atoms with Crippen molar-refractivity contribution in [1.82, 2.24) is 0 Å². The smallest absolute Gasteiger partial charge is 0.340 e. The molecule has 7 nitrogen and oxygen atoms in total. The van der Waals surface area contributed by atoms with Crippen molar-refractivity contribution >= 4 is 34.0 Å². The van der Waals surface area contributed by atoms with Crippen molar-refractivity contribution in [3.63, 3.8) is 0 Å². The van der Waals surface area contributed by atoms with E-state index in [9.17, 15) is 9.59 Å². The van der Waals surface area contributed by atoms with E-state index in [-0.39, 0.29) is 5.91 Å². The van der Waals surface area contributed by atoms with Crippen molar-refractivity contribution in [2.75, 3.05) is 50.1 Å². The van der Waals surface area contributed by atoms with Crippen LogP contribution in [0.4, 0.5) is 10.8 Å². The van der Waals surface area contributed by atoms with E-state index in [0.29, 0.717) is 17.1 Å². The first-order valence-electron chi connectivity index (χ1n) is 9.16. The third-order valence-corrected chi connectivity index (χ3v) is 5.90. The fourth-order valence-electron chi connectivity index (χ4n) is 3.19. The number of rotatable bonds is 6. The Kier molecular flexibility index (Phi) is 6.41. The van der Waals surface area contributed by atoms with Gasteiger partial charge in [0.15, 0.2) is 6.54 Å². The number of ether oxygens (including phenoxy) is 1. The molecule has 2 aromatic rings. The molecular weight excluding hydrogens is 364 g/mol. The lowest BCUT2D eigenvalue weighted by Crippen LogP contribution is -3.15. The third-order valence-electron chi connectivity index (χ3n) is 4.70. The molecule has 3 N–H and O–H groups in total. The van der Waals surface area contributed by atoms with Crippen LogP contribution in [0.25, 0.3) is 0 Å². The lowest BCUT2D eigenvalue weighted by molar-refractivity contribution is -0.892. The van der Waals surface area contributed by atoms with Crippen molar-refractivity contribution in [3.05, 3.63) is 40.9 Å². The first-order valence-corrected chi connectivity index (χ1v) is 9.98. The number of carbonyl (C=O) groups is 2. The van der Waals surface area contributed by atoms with E-state index in [1.807, 2.05) is 25.3 Å². The highest BCUT2D eigenvalue weighted by atomic mass is 32.1. The number of carbonyl (C=O) groups excluding carboxylic acids is 2. The van der Waals surface area contributed by atoms with Crippen LogP contribution in [0.5, 0.6) is 0 Å². The number of esters is 1. The average molecular weight is 391 g/mol. The Morgan fingerprint density at radius 3 is 2.74 bits per heavy atom. The number of methoxy groups -OCH3 is 1. The van der Waals surface area contributed by atoms with Gasteiger partial charge < -0.3 is 15.0 Å². The second kappa shape index (κ2) is 8.96. The summed E-state index contributed by atoms with van der Waals surface area (Å²) in [6, 6.07) is 7.84. The number of thiophene rings is 1. The van der Waals surface area contributed by atoms with E-state index in [4.69, 9.17) is 4.74 Å². The highest BCUT2D eigenvalue weighted by molar-refractivity contribution is 7.16. The van der Waals surface area contributed by atoms with Crippen molar-refractivity contribution in [2.45, 2.75) is 13.3 Å². The molecule has 0 atom stereocenters. The molecule has 0 bridgehead atoms. The van der Waals surface area contributed by atoms with Crippen LogP contribution >= 0.6 is 11.3 Å². The fraction of sp³-hybridized carbons (Fsp3) is 0.421. The second-order valence-electron chi connectivity index (χ2n) is 6.51. The summed E-state index contributed by atoms with van der Waals surface area (Å²) in [5, 5.41) is 3.49. The SMILES string of the molecule is CCc1cc(C(=O)OC)c(NC(=O)C[NH+]2CCN(c3cccc[nH+]3)CC2)s1. The van der Waals surface area contributed by atoms with Gasteiger partial charge in [0.1, 0.15) is 31.2 Å². The highest BCUT2D eigenvalue weighted by Gasteiger charge is 2.28. The predicted molar refractivity (Wildman–Crippen MR) is 104 cm³/mol. The molecule has 27 heavy (non-hydrogen) atoms. The quantitative estimate of drug-likeness (QED) is 0.694. The molecule has 144 valence electrons. The average Bonchev–Trinajstić information content (AvgIpc) is 3.11. The van der Waals surface area contributed by atoms with E-state index in [1.54, 1.807) is 6.07 Å². The van der Waals surface area contributed by atoms with Crippen molar-refractivity contribution in [3.8, 4) is 0 Å². The molecule has 3 heterocycles. The molecule has 1 amide bonds. The molecule has 3 rings (SSSR count). The number of hydrogen-bond acceptors (Lipinski definition) is 5. The number of aromatic nitrogens is 1. The molecular formula is C19H26N4O3S+2. The number of anilines is 2. The molecule has 8 heteroatoms. The number of H-pyrrole nitrogens is 1. The Labute approximate surface area is 162 Å². The largest absolute Gasteiger partial charge is 0.465 e. The zero-order valence-electron chi connectivity index (χ0n) is 15.7. The van der Waals surface area contributed by atoms with Gasteiger partial charge >= 0.3 is 5.97 Å². The molecule has 0 spiro atoms. The molecule has 1 aliphatic heterocycles. The number of nitrogens with zero attached hydrogens (tertiary/aromatic N) is 1. The van der Waals surface area contributed by atoms with Crippen LogP contribution in [0.15, 0.2) is 30.5 Å². The summed E-state index contributed by atoms with van der Waals surface area (Å²) in [5.74, 6) is 0.620. The summed E-state index contributed by atoms with van der Waals surface area (Å²) in [4.78, 5) is 32.3. The van der Waals surface area contributed by atoms with Gasteiger partial charge in [-0.2, -0.15) is 0 Å². The van der Waals surface area contributed by atoms with Crippen molar-refractivity contribution in [1.29, 1.82) is 0 Å². The molecule has 1 saturated heterocycles. The minimum absolute atomic E-state index is 0.0700. The number of piperazine rings is 1. The van der Waals surface area contributed by atoms with Crippen LogP contribution < -0.4 is 20.1 Å². The molecule has 0 radical (unpaired) electrons. The number of aromatic amines is 1. The fourth-order valence-corrected chi connectivity index (χ4v) is 4.19. The number of hydrogen-bond donors (Lipinski definition) is 2. The van der Waals surface area contributed by atoms with Crippen LogP contribution in [0.3, 0.4) is 0 Å². The Balaban J connectivity index is 1.55. The summed E-state index contributed by atoms with van der Waals surface area (Å²) in [7, 11) is 1.35. The number of pyridine rings is 1. The van der Waals surface area contributed by atoms with Crippen LogP contribution in [-0.4, -0.2) is 51.7 Å². The van der Waals surface area contributed by atoms with Crippen molar-refractivity contribution < 1.29 is 24.2 Å². The molecule has 1 fully saturated rings. The van der Waals surface area contributed by atoms with Gasteiger partial charge in [0, 0.05) is 10.9 Å². The monoisotopic (exact) mass is 390 g/mol. The van der Waals surface area contributed by atoms with Crippen LogP contribution in [0, 0.1) is 0 Å². The zero-order chi connectivity index (χ0) is 19.2. The minimum atomic E-state index is -0.415. The van der Waals surface area contributed by atoms with Gasteiger partial charge in [-0.25, -0.2) is 9.78 Å². The van der Waals surface area contributed by atoms with Gasteiger partial charge in [0.2, 0.25) is 0 Å². The maximum atomic E-state index is 12.5. The van der Waals surface area contributed by atoms with Gasteiger partial charge in [-0.05, 0) is 18.6 Å². The van der Waals surface area contributed by atoms with Gasteiger partial charge in [0.05, 0.1) is 18.9 Å². The number of aryl methyl sites for hydroxylation is 1. The number of nitrogens with one attached hydrogen (secondary N) is 3. The molecule has 0 unspecified atom stereocenters. The van der Waals surface area contributed by atoms with Gasteiger partial charge in [0.25, 0.3) is 11.7 Å². The highest BCUT2D eigenvalue weighted by Crippen LogP contribution is 2.29. The van der Waals surface area contributed by atoms with E-state index >= 15 is 0 Å². The van der Waals surface area contributed by atoms with Gasteiger partial charge in [-0.3, -0.25) is 9.69 Å². The standard InChI is InChI=1S/C19H24N4O3S/c1-3-14-12-15(19(25)26-2)18(27-14)21-17(24)13-22-8-10-23(11-9-22)16-6-4-5-7-20-16/h4-7,12H,3,8-11,13H2,1-2H3,(H,21,24)/p+2. The molecule has 0 saturated carbocycles. The van der Waals surface area contributed by atoms with Gasteiger partial charge in [-0.15, -0.1) is 11.3 Å². The Hall–Kier alpha value is -2.45. The van der Waals surface area contributed by atoms with Gasteiger partial charge in [-0.1, -0.05) is 13.0 Å². The Morgan fingerprint density at radius 1 is 1.33 bits per heavy atom. The van der Waals surface area contributed by atoms with Crippen LogP contribution in [-0.2, 0) is 16.0 Å². The Morgan fingerprint density at radius 2 is 2.11 bits per heavy atom. The maximum Gasteiger partial charge on any atom is 0.340 e. The topological polar surface area (TPSA) is 77.2 Å². The van der Waals surface area contributed by atoms with Crippen molar-refractivity contribution in [2.24, 2.45) is 0 Å². The molecule has 0 aromatic carbocycles. The Bertz CT molecular complexity index is 786. The van der Waals surface area contributed by atoms with E-state index in [1.165, 1.54) is 23.3 Å². The summed E-state index contributed by atoms with van der Waals surface area (Å²) in [6.07, 6.45) is 2.74. The molecule has 1 aliphatic rings. The summed E-state index contributed by atoms with van der Waals surface area (Å²) >= 11 is 1.44. The van der Waals surface area contributed by atoms with E-state index < -0.39 is 5.97 Å². The first-order chi connectivity index (χ1) is 13.1. The number of amides is 1. The number of quaternary nitrogens is 1. The summed E-state index contributed by atoms with van der Waals surface area (Å²) in [6.45, 7) is 6.00. The third kappa shape index (κ3) is 4.84. The van der Waals surface area contributed by atoms with Crippen LogP contribution in [0.2, 0.25) is 0 Å². The lowest BCUT2D eigenvalue weighted by atomic mass is 10.2. The summed E-state index contributed by atoms with van der Waals surface area (Å²) in [5.41, 5.74) is 0.437. The predicted octanol–water partition coefficient (Wildman–Crippen LogP) is 0.255. The first kappa shape index (κ1) is 19.3. The molecule has 2 aromatic heterocycles.